The molecule has 1 aliphatic rings. The van der Waals surface area contributed by atoms with Crippen LogP contribution in [0, 0.1) is 16.7 Å². The number of hydrogen-bond acceptors (Lipinski definition) is 4. The van der Waals surface area contributed by atoms with Crippen LogP contribution in [0.15, 0.2) is 0 Å². The molecule has 0 aromatic heterocycles. The molecule has 0 saturated heterocycles. The fraction of sp³-hybridized carbons (Fsp3) is 0.750. The van der Waals surface area contributed by atoms with E-state index in [1.807, 2.05) is 0 Å². The molecule has 6 nitrogen and oxygen atoms in total. The van der Waals surface area contributed by atoms with Gasteiger partial charge in [0.2, 0.25) is 11.8 Å². The van der Waals surface area contributed by atoms with Crippen LogP contribution in [0.2, 0.25) is 0 Å². The Bertz CT molecular complexity index is 343. The fourth-order valence-electron chi connectivity index (χ4n) is 2.05. The predicted octanol–water partition coefficient (Wildman–Crippen LogP) is -0.0508. The Kier molecular flexibility index (Phi) is 5.59. The van der Waals surface area contributed by atoms with Gasteiger partial charge < -0.3 is 15.4 Å². The number of rotatable bonds is 6. The second kappa shape index (κ2) is 6.97. The average molecular weight is 253 g/mol. The molecule has 1 aliphatic carbocycles. The van der Waals surface area contributed by atoms with Gasteiger partial charge in [-0.2, -0.15) is 5.26 Å². The minimum Gasteiger partial charge on any atom is -0.383 e. The molecule has 1 rings (SSSR count). The molecule has 2 amide bonds. The zero-order valence-electron chi connectivity index (χ0n) is 10.6. The zero-order chi connectivity index (χ0) is 13.4. The highest BCUT2D eigenvalue weighted by Gasteiger charge is 2.41. The first-order chi connectivity index (χ1) is 8.64. The highest BCUT2D eigenvalue weighted by atomic mass is 16.5. The highest BCUT2D eigenvalue weighted by molar-refractivity contribution is 5.89. The van der Waals surface area contributed by atoms with Crippen LogP contribution in [0.4, 0.5) is 0 Å². The van der Waals surface area contributed by atoms with E-state index in [1.165, 1.54) is 0 Å². The van der Waals surface area contributed by atoms with Crippen LogP contribution in [-0.4, -0.2) is 38.6 Å². The lowest BCUT2D eigenvalue weighted by molar-refractivity contribution is -0.130. The maximum absolute atomic E-state index is 11.9. The third-order valence-electron chi connectivity index (χ3n) is 3.14. The summed E-state index contributed by atoms with van der Waals surface area (Å²) >= 11 is 0. The van der Waals surface area contributed by atoms with Gasteiger partial charge in [-0.3, -0.25) is 9.59 Å². The summed E-state index contributed by atoms with van der Waals surface area (Å²) < 4.78 is 4.79. The van der Waals surface area contributed by atoms with Crippen molar-refractivity contribution in [1.29, 1.82) is 5.26 Å². The van der Waals surface area contributed by atoms with E-state index in [2.05, 4.69) is 16.7 Å². The molecule has 18 heavy (non-hydrogen) atoms. The molecule has 0 aliphatic heterocycles. The molecule has 6 heteroatoms. The Hall–Kier alpha value is -1.61. The molecular formula is C12H19N3O3. The van der Waals surface area contributed by atoms with Crippen LogP contribution >= 0.6 is 0 Å². The Balaban J connectivity index is 2.32. The van der Waals surface area contributed by atoms with Crippen molar-refractivity contribution in [2.75, 3.05) is 26.8 Å². The first kappa shape index (κ1) is 14.5. The van der Waals surface area contributed by atoms with Crippen molar-refractivity contribution < 1.29 is 14.3 Å². The van der Waals surface area contributed by atoms with Crippen LogP contribution in [-0.2, 0) is 14.3 Å². The van der Waals surface area contributed by atoms with Crippen molar-refractivity contribution in [2.24, 2.45) is 5.41 Å². The lowest BCUT2D eigenvalue weighted by Crippen LogP contribution is -2.44. The van der Waals surface area contributed by atoms with Crippen LogP contribution in [0.25, 0.3) is 0 Å². The van der Waals surface area contributed by atoms with Gasteiger partial charge >= 0.3 is 0 Å². The van der Waals surface area contributed by atoms with Crippen LogP contribution in [0.5, 0.6) is 0 Å². The Morgan fingerprint density at radius 3 is 2.56 bits per heavy atom. The summed E-state index contributed by atoms with van der Waals surface area (Å²) in [6.45, 7) is 0.752. The molecule has 0 bridgehead atoms. The van der Waals surface area contributed by atoms with E-state index < -0.39 is 5.41 Å². The van der Waals surface area contributed by atoms with Crippen molar-refractivity contribution in [3.05, 3.63) is 0 Å². The quantitative estimate of drug-likeness (QED) is 0.649. The number of methoxy groups -OCH3 is 1. The molecule has 0 spiro atoms. The van der Waals surface area contributed by atoms with Gasteiger partial charge in [-0.1, -0.05) is 12.8 Å². The number of nitriles is 1. The Labute approximate surface area is 107 Å². The molecule has 0 atom stereocenters. The Morgan fingerprint density at radius 2 is 2.00 bits per heavy atom. The summed E-state index contributed by atoms with van der Waals surface area (Å²) in [5.74, 6) is -0.601. The lowest BCUT2D eigenvalue weighted by atomic mass is 9.87. The monoisotopic (exact) mass is 253 g/mol. The maximum Gasteiger partial charge on any atom is 0.240 e. The van der Waals surface area contributed by atoms with Crippen molar-refractivity contribution in [3.63, 3.8) is 0 Å². The van der Waals surface area contributed by atoms with E-state index >= 15 is 0 Å². The minimum absolute atomic E-state index is 0.0913. The molecule has 100 valence electrons. The standard InChI is InChI=1S/C12H19N3O3/c1-18-7-6-14-10(16)8-15-11(17)12(9-13)4-2-3-5-12/h2-8H2,1H3,(H,14,16)(H,15,17). The molecule has 1 saturated carbocycles. The van der Waals surface area contributed by atoms with Gasteiger partial charge in [0.05, 0.1) is 19.2 Å². The summed E-state index contributed by atoms with van der Waals surface area (Å²) in [4.78, 5) is 23.3. The van der Waals surface area contributed by atoms with Gasteiger partial charge in [0.1, 0.15) is 5.41 Å². The average Bonchev–Trinajstić information content (AvgIpc) is 2.86. The number of ether oxygens (including phenoxy) is 1. The number of carbonyl (C=O) groups excluding carboxylic acids is 2. The van der Waals surface area contributed by atoms with E-state index in [4.69, 9.17) is 10.00 Å². The van der Waals surface area contributed by atoms with Crippen LogP contribution in [0.3, 0.4) is 0 Å². The van der Waals surface area contributed by atoms with Crippen LogP contribution in [0.1, 0.15) is 25.7 Å². The number of amides is 2. The van der Waals surface area contributed by atoms with E-state index in [0.717, 1.165) is 12.8 Å². The van der Waals surface area contributed by atoms with Gasteiger partial charge in [0, 0.05) is 13.7 Å². The van der Waals surface area contributed by atoms with Gasteiger partial charge in [-0.25, -0.2) is 0 Å². The highest BCUT2D eigenvalue weighted by Crippen LogP contribution is 2.37. The Morgan fingerprint density at radius 1 is 1.33 bits per heavy atom. The van der Waals surface area contributed by atoms with Gasteiger partial charge in [-0.05, 0) is 12.8 Å². The minimum atomic E-state index is -0.924. The summed E-state index contributed by atoms with van der Waals surface area (Å²) in [5, 5.41) is 14.2. The third kappa shape index (κ3) is 3.70. The van der Waals surface area contributed by atoms with Gasteiger partial charge in [0.15, 0.2) is 0 Å². The second-order valence-electron chi connectivity index (χ2n) is 4.43. The van der Waals surface area contributed by atoms with Crippen LogP contribution < -0.4 is 10.6 Å². The number of nitrogens with zero attached hydrogens (tertiary/aromatic N) is 1. The van der Waals surface area contributed by atoms with Crippen molar-refractivity contribution in [1.82, 2.24) is 10.6 Å². The SMILES string of the molecule is COCCNC(=O)CNC(=O)C1(C#N)CCCC1. The second-order valence-corrected chi connectivity index (χ2v) is 4.43. The summed E-state index contributed by atoms with van der Waals surface area (Å²) in [6.07, 6.45) is 2.95. The van der Waals surface area contributed by atoms with E-state index in [0.29, 0.717) is 26.0 Å². The van der Waals surface area contributed by atoms with Crippen molar-refractivity contribution in [2.45, 2.75) is 25.7 Å². The maximum atomic E-state index is 11.9. The first-order valence-electron chi connectivity index (χ1n) is 6.10. The van der Waals surface area contributed by atoms with E-state index in [1.54, 1.807) is 7.11 Å². The van der Waals surface area contributed by atoms with E-state index in [-0.39, 0.29) is 18.4 Å². The molecule has 0 aromatic carbocycles. The first-order valence-corrected chi connectivity index (χ1v) is 6.10. The number of carbonyl (C=O) groups is 2. The molecule has 1 fully saturated rings. The molecule has 0 unspecified atom stereocenters. The molecular weight excluding hydrogens is 234 g/mol. The van der Waals surface area contributed by atoms with Gasteiger partial charge in [0.25, 0.3) is 0 Å². The van der Waals surface area contributed by atoms with E-state index in [9.17, 15) is 9.59 Å². The van der Waals surface area contributed by atoms with Gasteiger partial charge in [-0.15, -0.1) is 0 Å². The number of hydrogen-bond donors (Lipinski definition) is 2. The fourth-order valence-corrected chi connectivity index (χ4v) is 2.05. The molecule has 0 aromatic rings. The third-order valence-corrected chi connectivity index (χ3v) is 3.14. The molecule has 2 N–H and O–H groups in total. The predicted molar refractivity (Wildman–Crippen MR) is 64.4 cm³/mol. The van der Waals surface area contributed by atoms with Crippen molar-refractivity contribution >= 4 is 11.8 Å². The topological polar surface area (TPSA) is 91.2 Å². The van der Waals surface area contributed by atoms with Crippen molar-refractivity contribution in [3.8, 4) is 6.07 Å². The number of nitrogens with one attached hydrogen (secondary N) is 2. The molecule has 0 heterocycles. The summed E-state index contributed by atoms with van der Waals surface area (Å²) in [6, 6.07) is 2.09. The summed E-state index contributed by atoms with van der Waals surface area (Å²) in [5.41, 5.74) is -0.924. The smallest absolute Gasteiger partial charge is 0.240 e. The largest absolute Gasteiger partial charge is 0.383 e. The lowest BCUT2D eigenvalue weighted by Gasteiger charge is -2.18. The zero-order valence-corrected chi connectivity index (χ0v) is 10.6. The molecule has 0 radical (unpaired) electrons. The normalized spacial score (nSPS) is 16.9. The summed E-state index contributed by atoms with van der Waals surface area (Å²) in [7, 11) is 1.55.